The molecule has 3 rings (SSSR count). The minimum absolute atomic E-state index is 0.156. The van der Waals surface area contributed by atoms with E-state index in [4.69, 9.17) is 4.42 Å². The van der Waals surface area contributed by atoms with E-state index in [1.54, 1.807) is 27.9 Å². The van der Waals surface area contributed by atoms with Crippen LogP contribution in [0.25, 0.3) is 11.0 Å². The second-order valence-corrected chi connectivity index (χ2v) is 5.93. The third kappa shape index (κ3) is 2.71. The number of benzene rings is 1. The molecule has 0 spiro atoms. The van der Waals surface area contributed by atoms with Crippen LogP contribution in [0.15, 0.2) is 39.5 Å². The zero-order valence-electron chi connectivity index (χ0n) is 14.2. The van der Waals surface area contributed by atoms with E-state index in [0.717, 1.165) is 11.0 Å². The number of carbonyl (C=O) groups is 1. The molecule has 24 heavy (non-hydrogen) atoms. The first-order chi connectivity index (χ1) is 11.4. The fourth-order valence-corrected chi connectivity index (χ4v) is 2.71. The van der Waals surface area contributed by atoms with Gasteiger partial charge >= 0.3 is 0 Å². The lowest BCUT2D eigenvalue weighted by molar-refractivity contribution is 0.0772. The standard InChI is InChI=1S/C18H19N3O3/c1-11-12(2)19-21(4)18(23)16(11)17(22)20(3)10-14-9-13-7-5-6-8-15(13)24-14/h5-9H,10H2,1-4H3. The second-order valence-electron chi connectivity index (χ2n) is 5.93. The number of nitrogens with zero attached hydrogens (tertiary/aromatic N) is 3. The first kappa shape index (κ1) is 16.0. The Morgan fingerprint density at radius 3 is 2.71 bits per heavy atom. The Balaban J connectivity index is 1.91. The van der Waals surface area contributed by atoms with Crippen molar-refractivity contribution in [2.45, 2.75) is 20.4 Å². The molecule has 124 valence electrons. The number of amides is 1. The van der Waals surface area contributed by atoms with Crippen molar-refractivity contribution in [3.63, 3.8) is 0 Å². The minimum Gasteiger partial charge on any atom is -0.459 e. The van der Waals surface area contributed by atoms with Gasteiger partial charge in [-0.1, -0.05) is 18.2 Å². The van der Waals surface area contributed by atoms with Crippen LogP contribution in [0.3, 0.4) is 0 Å². The van der Waals surface area contributed by atoms with Gasteiger partial charge in [-0.3, -0.25) is 9.59 Å². The predicted molar refractivity (Wildman–Crippen MR) is 91.0 cm³/mol. The molecule has 0 saturated heterocycles. The number of fused-ring (bicyclic) bond motifs is 1. The van der Waals surface area contributed by atoms with Gasteiger partial charge in [0.2, 0.25) is 0 Å². The van der Waals surface area contributed by atoms with Crippen molar-refractivity contribution in [1.82, 2.24) is 14.7 Å². The predicted octanol–water partition coefficient (Wildman–Crippen LogP) is 2.42. The Morgan fingerprint density at radius 1 is 1.29 bits per heavy atom. The maximum absolute atomic E-state index is 12.8. The average Bonchev–Trinajstić information content (AvgIpc) is 2.95. The molecule has 1 aromatic carbocycles. The van der Waals surface area contributed by atoms with Crippen LogP contribution in [-0.4, -0.2) is 27.6 Å². The molecule has 0 aliphatic heterocycles. The van der Waals surface area contributed by atoms with Gasteiger partial charge in [0.05, 0.1) is 12.2 Å². The number of para-hydroxylation sites is 1. The molecule has 0 aliphatic carbocycles. The van der Waals surface area contributed by atoms with Crippen molar-refractivity contribution in [2.24, 2.45) is 7.05 Å². The molecule has 3 aromatic rings. The highest BCUT2D eigenvalue weighted by atomic mass is 16.3. The van der Waals surface area contributed by atoms with Gasteiger partial charge in [-0.25, -0.2) is 4.68 Å². The van der Waals surface area contributed by atoms with Crippen LogP contribution in [0.2, 0.25) is 0 Å². The first-order valence-electron chi connectivity index (χ1n) is 7.66. The highest BCUT2D eigenvalue weighted by Gasteiger charge is 2.22. The largest absolute Gasteiger partial charge is 0.459 e. The number of furan rings is 1. The number of aryl methyl sites for hydroxylation is 2. The lowest BCUT2D eigenvalue weighted by Gasteiger charge is -2.17. The van der Waals surface area contributed by atoms with Gasteiger partial charge in [0.25, 0.3) is 11.5 Å². The SMILES string of the molecule is Cc1nn(C)c(=O)c(C(=O)N(C)Cc2cc3ccccc3o2)c1C. The van der Waals surface area contributed by atoms with Gasteiger partial charge in [-0.2, -0.15) is 5.10 Å². The fourth-order valence-electron chi connectivity index (χ4n) is 2.71. The van der Waals surface area contributed by atoms with E-state index >= 15 is 0 Å². The van der Waals surface area contributed by atoms with Gasteiger partial charge < -0.3 is 9.32 Å². The molecule has 0 fully saturated rings. The quantitative estimate of drug-likeness (QED) is 0.741. The fraction of sp³-hybridized carbons (Fsp3) is 0.278. The second kappa shape index (κ2) is 5.96. The summed E-state index contributed by atoms with van der Waals surface area (Å²) in [6, 6.07) is 9.57. The van der Waals surface area contributed by atoms with Crippen LogP contribution in [0, 0.1) is 13.8 Å². The maximum atomic E-state index is 12.8. The molecular weight excluding hydrogens is 306 g/mol. The first-order valence-corrected chi connectivity index (χ1v) is 7.66. The van der Waals surface area contributed by atoms with E-state index in [0.29, 0.717) is 17.0 Å². The van der Waals surface area contributed by atoms with Crippen LogP contribution < -0.4 is 5.56 Å². The van der Waals surface area contributed by atoms with Crippen LogP contribution in [0.5, 0.6) is 0 Å². The van der Waals surface area contributed by atoms with Crippen molar-refractivity contribution in [2.75, 3.05) is 7.05 Å². The summed E-state index contributed by atoms with van der Waals surface area (Å²) >= 11 is 0. The van der Waals surface area contributed by atoms with Crippen LogP contribution in [0.4, 0.5) is 0 Å². The molecule has 0 N–H and O–H groups in total. The normalized spacial score (nSPS) is 11.0. The van der Waals surface area contributed by atoms with Gasteiger partial charge in [0.15, 0.2) is 0 Å². The van der Waals surface area contributed by atoms with Gasteiger partial charge in [0, 0.05) is 19.5 Å². The highest BCUT2D eigenvalue weighted by molar-refractivity contribution is 5.95. The topological polar surface area (TPSA) is 68.3 Å². The number of hydrogen-bond donors (Lipinski definition) is 0. The zero-order chi connectivity index (χ0) is 17.4. The molecule has 0 unspecified atom stereocenters. The van der Waals surface area contributed by atoms with E-state index in [1.165, 1.54) is 9.58 Å². The van der Waals surface area contributed by atoms with E-state index in [-0.39, 0.29) is 23.6 Å². The molecule has 1 amide bonds. The lowest BCUT2D eigenvalue weighted by atomic mass is 10.1. The Hall–Kier alpha value is -2.89. The number of carbonyl (C=O) groups excluding carboxylic acids is 1. The van der Waals surface area contributed by atoms with Crippen molar-refractivity contribution in [1.29, 1.82) is 0 Å². The number of rotatable bonds is 3. The molecule has 6 nitrogen and oxygen atoms in total. The van der Waals surface area contributed by atoms with E-state index in [1.807, 2.05) is 30.3 Å². The van der Waals surface area contributed by atoms with Crippen LogP contribution in [-0.2, 0) is 13.6 Å². The molecule has 2 aromatic heterocycles. The van der Waals surface area contributed by atoms with Crippen molar-refractivity contribution in [3.05, 3.63) is 63.3 Å². The van der Waals surface area contributed by atoms with E-state index in [2.05, 4.69) is 5.10 Å². The molecular formula is C18H19N3O3. The van der Waals surface area contributed by atoms with Crippen LogP contribution >= 0.6 is 0 Å². The molecule has 0 aliphatic rings. The lowest BCUT2D eigenvalue weighted by Crippen LogP contribution is -2.36. The highest BCUT2D eigenvalue weighted by Crippen LogP contribution is 2.20. The van der Waals surface area contributed by atoms with Crippen molar-refractivity contribution < 1.29 is 9.21 Å². The molecule has 0 atom stereocenters. The molecule has 6 heteroatoms. The van der Waals surface area contributed by atoms with Crippen molar-refractivity contribution >= 4 is 16.9 Å². The maximum Gasteiger partial charge on any atom is 0.279 e. The monoisotopic (exact) mass is 325 g/mol. The Morgan fingerprint density at radius 2 is 2.00 bits per heavy atom. The molecule has 0 saturated carbocycles. The summed E-state index contributed by atoms with van der Waals surface area (Å²) < 4.78 is 6.94. The third-order valence-electron chi connectivity index (χ3n) is 4.16. The molecule has 0 bridgehead atoms. The minimum atomic E-state index is -0.389. The van der Waals surface area contributed by atoms with Crippen LogP contribution in [0.1, 0.15) is 27.4 Å². The average molecular weight is 325 g/mol. The van der Waals surface area contributed by atoms with Gasteiger partial charge in [-0.05, 0) is 31.5 Å². The van der Waals surface area contributed by atoms with E-state index in [9.17, 15) is 9.59 Å². The number of hydrogen-bond acceptors (Lipinski definition) is 4. The number of aromatic nitrogens is 2. The Kier molecular flexibility index (Phi) is 3.97. The van der Waals surface area contributed by atoms with Crippen molar-refractivity contribution in [3.8, 4) is 0 Å². The summed E-state index contributed by atoms with van der Waals surface area (Å²) in [6.07, 6.45) is 0. The summed E-state index contributed by atoms with van der Waals surface area (Å²) in [5, 5.41) is 5.09. The zero-order valence-corrected chi connectivity index (χ0v) is 14.2. The summed E-state index contributed by atoms with van der Waals surface area (Å²) in [5.41, 5.74) is 1.82. The third-order valence-corrected chi connectivity index (χ3v) is 4.16. The van der Waals surface area contributed by atoms with E-state index < -0.39 is 0 Å². The Labute approximate surface area is 139 Å². The van der Waals surface area contributed by atoms with Gasteiger partial charge in [0.1, 0.15) is 16.9 Å². The summed E-state index contributed by atoms with van der Waals surface area (Å²) in [6.45, 7) is 3.81. The summed E-state index contributed by atoms with van der Waals surface area (Å²) in [4.78, 5) is 26.6. The smallest absolute Gasteiger partial charge is 0.279 e. The summed E-state index contributed by atoms with van der Waals surface area (Å²) in [5.74, 6) is 0.339. The Bertz CT molecular complexity index is 952. The molecule has 2 heterocycles. The molecule has 0 radical (unpaired) electrons. The summed E-state index contributed by atoms with van der Waals surface area (Å²) in [7, 11) is 3.20. The van der Waals surface area contributed by atoms with Gasteiger partial charge in [-0.15, -0.1) is 0 Å².